The summed E-state index contributed by atoms with van der Waals surface area (Å²) in [5, 5.41) is 3.48. The van der Waals surface area contributed by atoms with E-state index < -0.39 is 0 Å². The van der Waals surface area contributed by atoms with Crippen molar-refractivity contribution in [2.75, 3.05) is 67.1 Å². The lowest BCUT2D eigenvalue weighted by molar-refractivity contribution is 0.0182. The van der Waals surface area contributed by atoms with Crippen LogP contribution in [0.1, 0.15) is 26.7 Å². The molecular weight excluding hydrogens is 250 g/mol. The van der Waals surface area contributed by atoms with Gasteiger partial charge in [0.15, 0.2) is 0 Å². The van der Waals surface area contributed by atoms with Gasteiger partial charge >= 0.3 is 0 Å². The predicted octanol–water partition coefficient (Wildman–Crippen LogP) is 1.52. The molecule has 1 saturated heterocycles. The molecule has 1 fully saturated rings. The Bertz CT molecular complexity index is 245. The van der Waals surface area contributed by atoms with Gasteiger partial charge in [0, 0.05) is 38.7 Å². The fraction of sp³-hybridized carbons (Fsp3) is 1.00. The summed E-state index contributed by atoms with van der Waals surface area (Å²) in [5.74, 6) is 0.721. The van der Waals surface area contributed by atoms with Gasteiger partial charge in [0.1, 0.15) is 0 Å². The summed E-state index contributed by atoms with van der Waals surface area (Å²) in [6.45, 7) is 12.4. The molecule has 0 aliphatic carbocycles. The Morgan fingerprint density at radius 3 is 2.30 bits per heavy atom. The Labute approximate surface area is 125 Å². The van der Waals surface area contributed by atoms with Gasteiger partial charge in [0.05, 0.1) is 6.61 Å². The quantitative estimate of drug-likeness (QED) is 0.695. The Balaban J connectivity index is 2.62. The highest BCUT2D eigenvalue weighted by atomic mass is 16.5. The molecule has 120 valence electrons. The van der Waals surface area contributed by atoms with Gasteiger partial charge in [-0.1, -0.05) is 13.8 Å². The van der Waals surface area contributed by atoms with Crippen LogP contribution in [0, 0.1) is 11.3 Å². The summed E-state index contributed by atoms with van der Waals surface area (Å²) in [6.07, 6.45) is 2.47. The van der Waals surface area contributed by atoms with Gasteiger partial charge in [-0.3, -0.25) is 0 Å². The Morgan fingerprint density at radius 1 is 1.15 bits per heavy atom. The average Bonchev–Trinajstić information content (AvgIpc) is 2.36. The number of methoxy groups -OCH3 is 1. The van der Waals surface area contributed by atoms with Crippen LogP contribution in [0.5, 0.6) is 0 Å². The zero-order valence-electron chi connectivity index (χ0n) is 14.2. The van der Waals surface area contributed by atoms with E-state index >= 15 is 0 Å². The van der Waals surface area contributed by atoms with Crippen LogP contribution in [-0.2, 0) is 4.74 Å². The molecule has 0 saturated carbocycles. The van der Waals surface area contributed by atoms with Crippen molar-refractivity contribution in [3.63, 3.8) is 0 Å². The Hall–Kier alpha value is -0.160. The van der Waals surface area contributed by atoms with E-state index in [1.807, 2.05) is 7.11 Å². The molecule has 0 radical (unpaired) electrons. The van der Waals surface area contributed by atoms with Gasteiger partial charge in [0.25, 0.3) is 0 Å². The number of hydrogen-bond acceptors (Lipinski definition) is 4. The van der Waals surface area contributed by atoms with Crippen molar-refractivity contribution in [1.29, 1.82) is 0 Å². The topological polar surface area (TPSA) is 27.7 Å². The molecule has 0 aromatic heterocycles. The number of piperidine rings is 1. The van der Waals surface area contributed by atoms with Crippen LogP contribution >= 0.6 is 0 Å². The van der Waals surface area contributed by atoms with Crippen molar-refractivity contribution in [2.45, 2.75) is 26.7 Å². The summed E-state index contributed by atoms with van der Waals surface area (Å²) < 4.78 is 5.55. The van der Waals surface area contributed by atoms with Gasteiger partial charge < -0.3 is 19.9 Å². The molecule has 0 spiro atoms. The highest BCUT2D eigenvalue weighted by Gasteiger charge is 2.34. The summed E-state index contributed by atoms with van der Waals surface area (Å²) in [7, 11) is 6.16. The van der Waals surface area contributed by atoms with Crippen LogP contribution in [0.3, 0.4) is 0 Å². The lowest BCUT2D eigenvalue weighted by Crippen LogP contribution is -2.49. The first-order chi connectivity index (χ1) is 9.47. The van der Waals surface area contributed by atoms with Crippen LogP contribution in [0.25, 0.3) is 0 Å². The summed E-state index contributed by atoms with van der Waals surface area (Å²) in [6, 6.07) is 0. The SMILES string of the molecule is COCC1(CN(CCN(C)C)CC(C)C)CCNCC1. The molecule has 1 rings (SSSR count). The van der Waals surface area contributed by atoms with E-state index in [-0.39, 0.29) is 0 Å². The van der Waals surface area contributed by atoms with Crippen LogP contribution in [0.2, 0.25) is 0 Å². The number of ether oxygens (including phenoxy) is 1. The molecule has 1 N–H and O–H groups in total. The molecule has 0 unspecified atom stereocenters. The van der Waals surface area contributed by atoms with E-state index in [0.717, 1.165) is 38.7 Å². The lowest BCUT2D eigenvalue weighted by atomic mass is 9.79. The highest BCUT2D eigenvalue weighted by molar-refractivity contribution is 4.88. The molecule has 4 heteroatoms. The number of nitrogens with zero attached hydrogens (tertiary/aromatic N) is 2. The standard InChI is InChI=1S/C16H35N3O/c1-15(2)12-19(11-10-18(3)4)13-16(14-20-5)6-8-17-9-7-16/h15,17H,6-14H2,1-5H3. The third-order valence-electron chi connectivity index (χ3n) is 4.16. The monoisotopic (exact) mass is 285 g/mol. The number of rotatable bonds is 9. The molecule has 1 heterocycles. The first kappa shape index (κ1) is 17.9. The highest BCUT2D eigenvalue weighted by Crippen LogP contribution is 2.30. The first-order valence-corrected chi connectivity index (χ1v) is 8.04. The van der Waals surface area contributed by atoms with Crippen molar-refractivity contribution in [3.05, 3.63) is 0 Å². The fourth-order valence-corrected chi connectivity index (χ4v) is 3.18. The van der Waals surface area contributed by atoms with Gasteiger partial charge in [-0.25, -0.2) is 0 Å². The van der Waals surface area contributed by atoms with Gasteiger partial charge in [-0.15, -0.1) is 0 Å². The van der Waals surface area contributed by atoms with Crippen molar-refractivity contribution >= 4 is 0 Å². The zero-order chi connectivity index (χ0) is 15.0. The molecule has 0 atom stereocenters. The van der Waals surface area contributed by atoms with Gasteiger partial charge in [-0.2, -0.15) is 0 Å². The van der Waals surface area contributed by atoms with E-state index in [9.17, 15) is 0 Å². The van der Waals surface area contributed by atoms with Crippen LogP contribution < -0.4 is 5.32 Å². The number of hydrogen-bond donors (Lipinski definition) is 1. The first-order valence-electron chi connectivity index (χ1n) is 8.04. The molecule has 4 nitrogen and oxygen atoms in total. The largest absolute Gasteiger partial charge is 0.384 e. The lowest BCUT2D eigenvalue weighted by Gasteiger charge is -2.41. The average molecular weight is 285 g/mol. The minimum absolute atomic E-state index is 0.348. The smallest absolute Gasteiger partial charge is 0.0531 e. The molecule has 20 heavy (non-hydrogen) atoms. The van der Waals surface area contributed by atoms with Crippen molar-refractivity contribution in [1.82, 2.24) is 15.1 Å². The summed E-state index contributed by atoms with van der Waals surface area (Å²) in [4.78, 5) is 4.92. The van der Waals surface area contributed by atoms with Gasteiger partial charge in [0.2, 0.25) is 0 Å². The van der Waals surface area contributed by atoms with Crippen molar-refractivity contribution in [2.24, 2.45) is 11.3 Å². The maximum atomic E-state index is 5.55. The van der Waals surface area contributed by atoms with E-state index in [2.05, 4.69) is 43.1 Å². The molecule has 0 aromatic rings. The minimum atomic E-state index is 0.348. The predicted molar refractivity (Wildman–Crippen MR) is 86.2 cm³/mol. The van der Waals surface area contributed by atoms with Crippen LogP contribution in [-0.4, -0.2) is 76.9 Å². The second-order valence-electron chi connectivity index (χ2n) is 7.12. The van der Waals surface area contributed by atoms with E-state index in [1.54, 1.807) is 0 Å². The second kappa shape index (κ2) is 8.98. The van der Waals surface area contributed by atoms with Crippen molar-refractivity contribution in [3.8, 4) is 0 Å². The Morgan fingerprint density at radius 2 is 1.80 bits per heavy atom. The fourth-order valence-electron chi connectivity index (χ4n) is 3.18. The third kappa shape index (κ3) is 6.53. The second-order valence-corrected chi connectivity index (χ2v) is 7.12. The molecular formula is C16H35N3O. The van der Waals surface area contributed by atoms with E-state index in [4.69, 9.17) is 4.74 Å². The van der Waals surface area contributed by atoms with Crippen LogP contribution in [0.15, 0.2) is 0 Å². The van der Waals surface area contributed by atoms with E-state index in [0.29, 0.717) is 5.41 Å². The maximum absolute atomic E-state index is 5.55. The minimum Gasteiger partial charge on any atom is -0.384 e. The number of nitrogens with one attached hydrogen (secondary N) is 1. The number of likely N-dealkylation sites (N-methyl/N-ethyl adjacent to an activating group) is 1. The molecule has 0 bridgehead atoms. The normalized spacial score (nSPS) is 19.2. The summed E-state index contributed by atoms with van der Waals surface area (Å²) in [5.41, 5.74) is 0.348. The van der Waals surface area contributed by atoms with E-state index in [1.165, 1.54) is 25.9 Å². The molecule has 1 aliphatic heterocycles. The van der Waals surface area contributed by atoms with Crippen LogP contribution in [0.4, 0.5) is 0 Å². The maximum Gasteiger partial charge on any atom is 0.0531 e. The van der Waals surface area contributed by atoms with Gasteiger partial charge in [-0.05, 0) is 45.9 Å². The van der Waals surface area contributed by atoms with Crippen molar-refractivity contribution < 1.29 is 4.74 Å². The molecule has 0 aromatic carbocycles. The summed E-state index contributed by atoms with van der Waals surface area (Å²) >= 11 is 0. The molecule has 1 aliphatic rings. The molecule has 0 amide bonds. The zero-order valence-corrected chi connectivity index (χ0v) is 14.2. The Kier molecular flexibility index (Phi) is 8.03. The third-order valence-corrected chi connectivity index (χ3v) is 4.16.